The fourth-order valence-electron chi connectivity index (χ4n) is 7.55. The van der Waals surface area contributed by atoms with Crippen LogP contribution in [-0.2, 0) is 0 Å². The van der Waals surface area contributed by atoms with Gasteiger partial charge in [-0.05, 0) is 49.5 Å². The van der Waals surface area contributed by atoms with Gasteiger partial charge >= 0.3 is 0 Å². The molecule has 0 aromatic rings. The second-order valence-electron chi connectivity index (χ2n) is 13.3. The first-order valence-electron chi connectivity index (χ1n) is 17.4. The molecule has 0 heterocycles. The summed E-state index contributed by atoms with van der Waals surface area (Å²) in [6.07, 6.45) is 41.3. The molecule has 212 valence electrons. The first kappa shape index (κ1) is 32.4. The van der Waals surface area contributed by atoms with Crippen LogP contribution in [0.4, 0.5) is 0 Å². The first-order valence-corrected chi connectivity index (χ1v) is 21.8. The topological polar surface area (TPSA) is 0 Å². The fourth-order valence-corrected chi connectivity index (χ4v) is 15.7. The average Bonchev–Trinajstić information content (AvgIpc) is 2.92. The van der Waals surface area contributed by atoms with Crippen molar-refractivity contribution >= 4 is 18.3 Å². The van der Waals surface area contributed by atoms with Crippen molar-refractivity contribution in [3.63, 3.8) is 0 Å². The van der Waals surface area contributed by atoms with E-state index in [1.165, 1.54) is 139 Å². The standard InChI is InChI=1S/C34H68Si2/c1-4-5-6-7-8-9-10-11-12-13-14-15-17-22-32-26-28-33(29-27-32)23-20-21-30-36(31(2)35-3)34-24-18-16-19-25-34/h20,23,31-34,36H,4-19,21-22,24-30,35H2,1-3H3/b23-20+. The Kier molecular flexibility index (Phi) is 19.8. The molecule has 2 heteroatoms. The third kappa shape index (κ3) is 14.9. The number of hydrogen-bond donors (Lipinski definition) is 0. The van der Waals surface area contributed by atoms with Crippen LogP contribution in [0.15, 0.2) is 12.2 Å². The Bertz CT molecular complexity index is 501. The molecule has 0 aromatic heterocycles. The van der Waals surface area contributed by atoms with E-state index in [1.54, 1.807) is 31.7 Å². The molecule has 2 saturated carbocycles. The van der Waals surface area contributed by atoms with Gasteiger partial charge in [-0.15, -0.1) is 0 Å². The van der Waals surface area contributed by atoms with Gasteiger partial charge in [0.05, 0.1) is 0 Å². The zero-order valence-electron chi connectivity index (χ0n) is 25.4. The minimum atomic E-state index is -0.518. The molecule has 2 atom stereocenters. The summed E-state index contributed by atoms with van der Waals surface area (Å²) in [7, 11) is -0.315. The van der Waals surface area contributed by atoms with Crippen LogP contribution in [0.5, 0.6) is 0 Å². The largest absolute Gasteiger partial charge is 0.0885 e. The van der Waals surface area contributed by atoms with Crippen LogP contribution in [0.3, 0.4) is 0 Å². The fraction of sp³-hybridized carbons (Fsp3) is 0.941. The van der Waals surface area contributed by atoms with Crippen molar-refractivity contribution in [1.29, 1.82) is 0 Å². The smallest absolute Gasteiger partial charge is 0.0398 e. The number of allylic oxidation sites excluding steroid dienone is 2. The van der Waals surface area contributed by atoms with Gasteiger partial charge in [-0.3, -0.25) is 0 Å². The molecule has 0 aliphatic heterocycles. The third-order valence-corrected chi connectivity index (χ3v) is 19.2. The van der Waals surface area contributed by atoms with Gasteiger partial charge in [-0.1, -0.05) is 166 Å². The summed E-state index contributed by atoms with van der Waals surface area (Å²) in [5.74, 6) is 1.97. The van der Waals surface area contributed by atoms with E-state index in [9.17, 15) is 0 Å². The van der Waals surface area contributed by atoms with Crippen molar-refractivity contribution in [2.24, 2.45) is 11.8 Å². The molecular weight excluding hydrogens is 465 g/mol. The molecule has 36 heavy (non-hydrogen) atoms. The van der Waals surface area contributed by atoms with E-state index in [2.05, 4.69) is 32.5 Å². The lowest BCUT2D eigenvalue weighted by atomic mass is 9.79. The van der Waals surface area contributed by atoms with Gasteiger partial charge in [0.25, 0.3) is 0 Å². The zero-order chi connectivity index (χ0) is 25.7. The molecule has 2 aliphatic carbocycles. The van der Waals surface area contributed by atoms with E-state index in [4.69, 9.17) is 0 Å². The normalized spacial score (nSPS) is 23.6. The van der Waals surface area contributed by atoms with Crippen molar-refractivity contribution < 1.29 is 0 Å². The van der Waals surface area contributed by atoms with Gasteiger partial charge in [0.2, 0.25) is 0 Å². The number of rotatable bonds is 21. The maximum absolute atomic E-state index is 2.67. The van der Waals surface area contributed by atoms with E-state index < -0.39 is 8.80 Å². The summed E-state index contributed by atoms with van der Waals surface area (Å²) in [4.78, 5) is 0. The van der Waals surface area contributed by atoms with Gasteiger partial charge in [0.15, 0.2) is 0 Å². The van der Waals surface area contributed by atoms with E-state index in [1.807, 2.05) is 0 Å². The Morgan fingerprint density at radius 3 is 1.83 bits per heavy atom. The highest BCUT2D eigenvalue weighted by molar-refractivity contribution is 6.72. The summed E-state index contributed by atoms with van der Waals surface area (Å²) >= 11 is 0. The molecule has 0 N–H and O–H groups in total. The maximum atomic E-state index is 2.67. The number of hydrogen-bond acceptors (Lipinski definition) is 0. The Balaban J connectivity index is 1.43. The minimum absolute atomic E-state index is 0.204. The monoisotopic (exact) mass is 532 g/mol. The first-order chi connectivity index (χ1) is 17.7. The predicted molar refractivity (Wildman–Crippen MR) is 172 cm³/mol. The van der Waals surface area contributed by atoms with E-state index in [-0.39, 0.29) is 9.52 Å². The Morgan fingerprint density at radius 2 is 1.28 bits per heavy atom. The van der Waals surface area contributed by atoms with Crippen LogP contribution < -0.4 is 0 Å². The highest BCUT2D eigenvalue weighted by Crippen LogP contribution is 2.38. The molecule has 0 amide bonds. The molecule has 0 aromatic carbocycles. The molecule has 0 bridgehead atoms. The summed E-state index contributed by atoms with van der Waals surface area (Å²) < 4.78 is 0. The van der Waals surface area contributed by atoms with Crippen molar-refractivity contribution in [2.75, 3.05) is 0 Å². The van der Waals surface area contributed by atoms with Gasteiger partial charge in [-0.25, -0.2) is 0 Å². The number of unbranched alkanes of at least 4 members (excludes halogenated alkanes) is 12. The Morgan fingerprint density at radius 1 is 0.722 bits per heavy atom. The summed E-state index contributed by atoms with van der Waals surface area (Å²) in [6, 6.07) is 1.62. The van der Waals surface area contributed by atoms with Crippen LogP contribution in [0.25, 0.3) is 0 Å². The van der Waals surface area contributed by atoms with Gasteiger partial charge in [0, 0.05) is 18.3 Å². The van der Waals surface area contributed by atoms with Crippen molar-refractivity contribution in [1.82, 2.24) is 0 Å². The van der Waals surface area contributed by atoms with Crippen LogP contribution in [-0.4, -0.2) is 18.3 Å². The predicted octanol–water partition coefficient (Wildman–Crippen LogP) is 11.3. The highest BCUT2D eigenvalue weighted by atomic mass is 28.3. The Labute approximate surface area is 233 Å². The Hall–Kier alpha value is 0.174. The van der Waals surface area contributed by atoms with Gasteiger partial charge in [-0.2, -0.15) is 0 Å². The lowest BCUT2D eigenvalue weighted by molar-refractivity contribution is 0.288. The lowest BCUT2D eigenvalue weighted by Gasteiger charge is -2.33. The molecule has 2 rings (SSSR count). The van der Waals surface area contributed by atoms with E-state index >= 15 is 0 Å². The molecular formula is C34H68Si2. The molecule has 0 spiro atoms. The molecule has 0 nitrogen and oxygen atoms in total. The highest BCUT2D eigenvalue weighted by Gasteiger charge is 2.28. The van der Waals surface area contributed by atoms with Gasteiger partial charge in [0.1, 0.15) is 0 Å². The quantitative estimate of drug-likeness (QED) is 0.0783. The molecule has 2 fully saturated rings. The van der Waals surface area contributed by atoms with Gasteiger partial charge < -0.3 is 0 Å². The third-order valence-electron chi connectivity index (χ3n) is 10.3. The molecule has 0 radical (unpaired) electrons. The average molecular weight is 533 g/mol. The second-order valence-corrected chi connectivity index (χ2v) is 20.3. The van der Waals surface area contributed by atoms with Crippen LogP contribution in [0.1, 0.15) is 168 Å². The summed E-state index contributed by atoms with van der Waals surface area (Å²) in [5, 5.41) is 1.20. The van der Waals surface area contributed by atoms with Crippen molar-refractivity contribution in [3.05, 3.63) is 12.2 Å². The van der Waals surface area contributed by atoms with E-state index in [0.717, 1.165) is 11.8 Å². The molecule has 2 aliphatic rings. The summed E-state index contributed by atoms with van der Waals surface area (Å²) in [6.45, 7) is 7.55. The van der Waals surface area contributed by atoms with Crippen LogP contribution >= 0.6 is 0 Å². The van der Waals surface area contributed by atoms with Crippen molar-refractivity contribution in [2.45, 2.75) is 191 Å². The van der Waals surface area contributed by atoms with E-state index in [0.29, 0.717) is 0 Å². The van der Waals surface area contributed by atoms with Crippen LogP contribution in [0.2, 0.25) is 23.3 Å². The zero-order valence-corrected chi connectivity index (χ0v) is 28.0. The maximum Gasteiger partial charge on any atom is 0.0398 e. The molecule has 0 saturated heterocycles. The van der Waals surface area contributed by atoms with Crippen molar-refractivity contribution in [3.8, 4) is 0 Å². The summed E-state index contributed by atoms with van der Waals surface area (Å²) in [5.41, 5.74) is 1.20. The molecule has 2 unspecified atom stereocenters. The second kappa shape index (κ2) is 22.0. The van der Waals surface area contributed by atoms with Crippen LogP contribution in [0, 0.1) is 11.8 Å². The SMILES string of the molecule is CCCCCCCCCCCCCCCC1CCC(/C=C/CC[SiH](C2CCCCC2)C(C)[SiH2]C)CC1. The lowest BCUT2D eigenvalue weighted by Crippen LogP contribution is -2.29. The minimum Gasteiger partial charge on any atom is -0.0885 e.